The Morgan fingerprint density at radius 1 is 1.44 bits per heavy atom. The molecule has 1 aliphatic heterocycles. The summed E-state index contributed by atoms with van der Waals surface area (Å²) in [7, 11) is 1.31. The lowest BCUT2D eigenvalue weighted by Crippen LogP contribution is -2.59. The molecule has 0 aromatic rings. The predicted octanol–water partition coefficient (Wildman–Crippen LogP) is 0.735. The Balaban J connectivity index is 2.44. The predicted molar refractivity (Wildman–Crippen MR) is 58.0 cm³/mol. The summed E-state index contributed by atoms with van der Waals surface area (Å²) in [6, 6.07) is -0.563. The average molecular weight is 229 g/mol. The van der Waals surface area contributed by atoms with Crippen molar-refractivity contribution in [3.63, 3.8) is 0 Å². The first kappa shape index (κ1) is 13.0. The molecule has 1 aliphatic rings. The van der Waals surface area contributed by atoms with Gasteiger partial charge in [0.2, 0.25) is 0 Å². The first-order valence-electron chi connectivity index (χ1n) is 5.39. The number of carboxylic acids is 1. The summed E-state index contributed by atoms with van der Waals surface area (Å²) in [5, 5.41) is 9.07. The van der Waals surface area contributed by atoms with Gasteiger partial charge in [-0.25, -0.2) is 0 Å². The zero-order chi connectivity index (χ0) is 12.3. The number of aliphatic carboxylic acids is 1. The molecule has 1 rings (SSSR count). The summed E-state index contributed by atoms with van der Waals surface area (Å²) in [5.74, 6) is -1.22. The second kappa shape index (κ2) is 4.82. The zero-order valence-electron chi connectivity index (χ0n) is 10.0. The van der Waals surface area contributed by atoms with Crippen molar-refractivity contribution in [1.82, 2.24) is 4.90 Å². The minimum Gasteiger partial charge on any atom is -0.480 e. The van der Waals surface area contributed by atoms with Crippen LogP contribution in [0.2, 0.25) is 0 Å². The van der Waals surface area contributed by atoms with Gasteiger partial charge in [-0.2, -0.15) is 0 Å². The van der Waals surface area contributed by atoms with E-state index >= 15 is 0 Å². The first-order chi connectivity index (χ1) is 7.35. The molecule has 92 valence electrons. The van der Waals surface area contributed by atoms with E-state index in [1.165, 1.54) is 7.11 Å². The van der Waals surface area contributed by atoms with Gasteiger partial charge in [0.1, 0.15) is 6.04 Å². The molecule has 0 saturated carbocycles. The Labute approximate surface area is 95.4 Å². The second-order valence-electron chi connectivity index (χ2n) is 5.04. The van der Waals surface area contributed by atoms with Crippen molar-refractivity contribution in [1.29, 1.82) is 0 Å². The van der Waals surface area contributed by atoms with Crippen LogP contribution >= 0.6 is 0 Å². The number of hydrogen-bond acceptors (Lipinski definition) is 4. The summed E-state index contributed by atoms with van der Waals surface area (Å²) in [5.41, 5.74) is 0.193. The molecule has 1 atom stereocenters. The van der Waals surface area contributed by atoms with Gasteiger partial charge < -0.3 is 9.84 Å². The van der Waals surface area contributed by atoms with Gasteiger partial charge in [0.05, 0.1) is 7.11 Å². The van der Waals surface area contributed by atoms with E-state index in [0.29, 0.717) is 6.42 Å². The lowest BCUT2D eigenvalue weighted by molar-refractivity contribution is -0.150. The number of likely N-dealkylation sites (tertiary alicyclic amines) is 1. The fourth-order valence-electron chi connectivity index (χ4n) is 2.09. The van der Waals surface area contributed by atoms with Gasteiger partial charge in [0.15, 0.2) is 0 Å². The van der Waals surface area contributed by atoms with Crippen LogP contribution in [-0.4, -0.2) is 48.2 Å². The van der Waals surface area contributed by atoms with Crippen molar-refractivity contribution in [3.8, 4) is 0 Å². The Bertz CT molecular complexity index is 280. The molecule has 5 nitrogen and oxygen atoms in total. The number of carbonyl (C=O) groups excluding carboxylic acids is 1. The molecular formula is C11H19NO4. The zero-order valence-corrected chi connectivity index (χ0v) is 10.0. The van der Waals surface area contributed by atoms with Crippen molar-refractivity contribution in [2.75, 3.05) is 20.2 Å². The number of rotatable bonds is 5. The third-order valence-electron chi connectivity index (χ3n) is 2.84. The molecule has 0 spiro atoms. The highest BCUT2D eigenvalue weighted by atomic mass is 16.5. The van der Waals surface area contributed by atoms with Crippen LogP contribution in [0.25, 0.3) is 0 Å². The van der Waals surface area contributed by atoms with Crippen LogP contribution in [0.1, 0.15) is 26.7 Å². The number of nitrogens with zero attached hydrogens (tertiary/aromatic N) is 1. The van der Waals surface area contributed by atoms with E-state index in [2.05, 4.69) is 18.6 Å². The maximum atomic E-state index is 11.1. The SMILES string of the molecule is COC(=O)CCC(C(=O)O)N1CC(C)(C)C1. The van der Waals surface area contributed by atoms with Crippen LogP contribution in [-0.2, 0) is 14.3 Å². The molecule has 0 radical (unpaired) electrons. The molecule has 1 heterocycles. The van der Waals surface area contributed by atoms with Gasteiger partial charge >= 0.3 is 11.9 Å². The monoisotopic (exact) mass is 229 g/mol. The standard InChI is InChI=1S/C11H19NO4/c1-11(2)6-12(7-11)8(10(14)15)4-5-9(13)16-3/h8H,4-7H2,1-3H3,(H,14,15). The van der Waals surface area contributed by atoms with Gasteiger partial charge in [0, 0.05) is 19.5 Å². The van der Waals surface area contributed by atoms with Crippen LogP contribution in [0, 0.1) is 5.41 Å². The lowest BCUT2D eigenvalue weighted by Gasteiger charge is -2.48. The van der Waals surface area contributed by atoms with Gasteiger partial charge in [0.25, 0.3) is 0 Å². The van der Waals surface area contributed by atoms with Crippen LogP contribution < -0.4 is 0 Å². The fraction of sp³-hybridized carbons (Fsp3) is 0.818. The van der Waals surface area contributed by atoms with E-state index in [1.807, 2.05) is 4.90 Å². The van der Waals surface area contributed by atoms with Crippen LogP contribution in [0.3, 0.4) is 0 Å². The Hall–Kier alpha value is -1.10. The number of carboxylic acid groups (broad SMARTS) is 1. The lowest BCUT2D eigenvalue weighted by atomic mass is 9.82. The smallest absolute Gasteiger partial charge is 0.320 e. The molecule has 0 bridgehead atoms. The summed E-state index contributed by atoms with van der Waals surface area (Å²) < 4.78 is 4.50. The second-order valence-corrected chi connectivity index (χ2v) is 5.04. The summed E-state index contributed by atoms with van der Waals surface area (Å²) >= 11 is 0. The molecule has 1 saturated heterocycles. The molecule has 0 aromatic heterocycles. The van der Waals surface area contributed by atoms with Gasteiger partial charge in [-0.05, 0) is 11.8 Å². The molecule has 0 aromatic carbocycles. The normalized spacial score (nSPS) is 20.9. The van der Waals surface area contributed by atoms with E-state index in [0.717, 1.165) is 13.1 Å². The number of esters is 1. The average Bonchev–Trinajstić information content (AvgIpc) is 2.14. The Morgan fingerprint density at radius 3 is 2.38 bits per heavy atom. The van der Waals surface area contributed by atoms with Crippen molar-refractivity contribution in [2.24, 2.45) is 5.41 Å². The minimum atomic E-state index is -0.862. The molecule has 1 unspecified atom stereocenters. The van der Waals surface area contributed by atoms with Gasteiger partial charge in [-0.3, -0.25) is 14.5 Å². The summed E-state index contributed by atoms with van der Waals surface area (Å²) in [6.45, 7) is 5.74. The maximum Gasteiger partial charge on any atom is 0.320 e. The van der Waals surface area contributed by atoms with Crippen molar-refractivity contribution in [2.45, 2.75) is 32.7 Å². The van der Waals surface area contributed by atoms with Crippen molar-refractivity contribution < 1.29 is 19.4 Å². The molecule has 16 heavy (non-hydrogen) atoms. The summed E-state index contributed by atoms with van der Waals surface area (Å²) in [4.78, 5) is 23.9. The van der Waals surface area contributed by atoms with Crippen molar-refractivity contribution >= 4 is 11.9 Å². The fourth-order valence-corrected chi connectivity index (χ4v) is 2.09. The highest BCUT2D eigenvalue weighted by Gasteiger charge is 2.40. The Morgan fingerprint density at radius 2 is 2.00 bits per heavy atom. The molecule has 5 heteroatoms. The van der Waals surface area contributed by atoms with Crippen LogP contribution in [0.5, 0.6) is 0 Å². The largest absolute Gasteiger partial charge is 0.480 e. The number of carbonyl (C=O) groups is 2. The number of methoxy groups -OCH3 is 1. The van der Waals surface area contributed by atoms with Crippen LogP contribution in [0.15, 0.2) is 0 Å². The number of ether oxygens (including phenoxy) is 1. The minimum absolute atomic E-state index is 0.157. The topological polar surface area (TPSA) is 66.8 Å². The number of hydrogen-bond donors (Lipinski definition) is 1. The van der Waals surface area contributed by atoms with E-state index in [1.54, 1.807) is 0 Å². The highest BCUT2D eigenvalue weighted by molar-refractivity contribution is 5.75. The first-order valence-corrected chi connectivity index (χ1v) is 5.39. The molecule has 1 fully saturated rings. The summed E-state index contributed by atoms with van der Waals surface area (Å²) in [6.07, 6.45) is 0.475. The van der Waals surface area contributed by atoms with E-state index in [9.17, 15) is 9.59 Å². The van der Waals surface area contributed by atoms with Crippen LogP contribution in [0.4, 0.5) is 0 Å². The quantitative estimate of drug-likeness (QED) is 0.704. The highest BCUT2D eigenvalue weighted by Crippen LogP contribution is 2.31. The Kier molecular flexibility index (Phi) is 3.91. The molecule has 0 amide bonds. The van der Waals surface area contributed by atoms with Gasteiger partial charge in [-0.1, -0.05) is 13.8 Å². The molecule has 0 aliphatic carbocycles. The molecule has 1 N–H and O–H groups in total. The van der Waals surface area contributed by atoms with E-state index in [4.69, 9.17) is 5.11 Å². The van der Waals surface area contributed by atoms with Crippen molar-refractivity contribution in [3.05, 3.63) is 0 Å². The third kappa shape index (κ3) is 3.20. The van der Waals surface area contributed by atoms with E-state index in [-0.39, 0.29) is 17.8 Å². The maximum absolute atomic E-state index is 11.1. The van der Waals surface area contributed by atoms with E-state index < -0.39 is 12.0 Å². The molecular weight excluding hydrogens is 210 g/mol. The third-order valence-corrected chi connectivity index (χ3v) is 2.84. The van der Waals surface area contributed by atoms with Gasteiger partial charge in [-0.15, -0.1) is 0 Å².